The summed E-state index contributed by atoms with van der Waals surface area (Å²) in [4.78, 5) is 0. The summed E-state index contributed by atoms with van der Waals surface area (Å²) in [6.45, 7) is 1.88. The van der Waals surface area contributed by atoms with Crippen molar-refractivity contribution in [3.8, 4) is 5.95 Å². The number of rotatable bonds is 1. The van der Waals surface area contributed by atoms with Gasteiger partial charge in [0, 0.05) is 5.56 Å². The van der Waals surface area contributed by atoms with Gasteiger partial charge in [-0.25, -0.2) is 0 Å². The number of oxazole rings is 1. The maximum atomic E-state index is 9.62. The number of nitrogens with zero attached hydrogens (tertiary/aromatic N) is 1. The standard InChI is InChI=1S/C12H11NO2S/c1-8-13-10(12(14)15-8)7-16-11(13)9-5-3-2-4-6-9/h2-6,11H,7H2,1H3/p+1/t11-/m1/s1. The Bertz CT molecular complexity index is 521. The Labute approximate surface area is 97.7 Å². The van der Waals surface area contributed by atoms with Crippen LogP contribution < -0.4 is 4.57 Å². The highest BCUT2D eigenvalue weighted by Gasteiger charge is 2.40. The first-order chi connectivity index (χ1) is 7.77. The molecule has 0 saturated heterocycles. The van der Waals surface area contributed by atoms with E-state index in [1.54, 1.807) is 11.8 Å². The van der Waals surface area contributed by atoms with Crippen LogP contribution in [0.5, 0.6) is 5.95 Å². The van der Waals surface area contributed by atoms with Crippen LogP contribution in [0.4, 0.5) is 0 Å². The average Bonchev–Trinajstić information content (AvgIpc) is 2.84. The van der Waals surface area contributed by atoms with Crippen molar-refractivity contribution in [1.29, 1.82) is 0 Å². The molecule has 0 radical (unpaired) electrons. The van der Waals surface area contributed by atoms with Gasteiger partial charge >= 0.3 is 11.8 Å². The zero-order valence-corrected chi connectivity index (χ0v) is 9.70. The van der Waals surface area contributed by atoms with Gasteiger partial charge in [0.1, 0.15) is 0 Å². The van der Waals surface area contributed by atoms with Gasteiger partial charge in [0.05, 0.1) is 12.7 Å². The summed E-state index contributed by atoms with van der Waals surface area (Å²) in [5.41, 5.74) is 2.12. The molecule has 0 fully saturated rings. The van der Waals surface area contributed by atoms with Gasteiger partial charge in [-0.3, -0.25) is 0 Å². The molecule has 0 aliphatic carbocycles. The molecule has 0 bridgehead atoms. The second-order valence-corrected chi connectivity index (χ2v) is 4.89. The fourth-order valence-corrected chi connectivity index (χ4v) is 3.43. The third-order valence-corrected chi connectivity index (χ3v) is 4.06. The molecule has 1 aromatic heterocycles. The summed E-state index contributed by atoms with van der Waals surface area (Å²) in [7, 11) is 0. The molecule has 3 nitrogen and oxygen atoms in total. The van der Waals surface area contributed by atoms with Crippen molar-refractivity contribution in [1.82, 2.24) is 0 Å². The molecule has 0 spiro atoms. The smallest absolute Gasteiger partial charge is 0.358 e. The van der Waals surface area contributed by atoms with E-state index in [1.165, 1.54) is 5.56 Å². The maximum absolute atomic E-state index is 9.62. The molecule has 1 N–H and O–H groups in total. The summed E-state index contributed by atoms with van der Waals surface area (Å²) in [5, 5.41) is 9.84. The van der Waals surface area contributed by atoms with Gasteiger partial charge in [-0.1, -0.05) is 42.1 Å². The molecular weight excluding hydrogens is 222 g/mol. The summed E-state index contributed by atoms with van der Waals surface area (Å²) in [5.74, 6) is 1.61. The normalized spacial score (nSPS) is 18.7. The van der Waals surface area contributed by atoms with Gasteiger partial charge in [0.15, 0.2) is 0 Å². The number of aryl methyl sites for hydroxylation is 1. The molecule has 1 aliphatic heterocycles. The maximum Gasteiger partial charge on any atom is 0.358 e. The minimum absolute atomic E-state index is 0.0587. The van der Waals surface area contributed by atoms with Crippen molar-refractivity contribution in [3.05, 3.63) is 47.5 Å². The Balaban J connectivity index is 2.10. The zero-order chi connectivity index (χ0) is 11.1. The van der Waals surface area contributed by atoms with Crippen LogP contribution in [0, 0.1) is 6.92 Å². The van der Waals surface area contributed by atoms with E-state index in [0.717, 1.165) is 17.3 Å². The Kier molecular flexibility index (Phi) is 2.17. The second kappa shape index (κ2) is 3.56. The molecule has 0 saturated carbocycles. The van der Waals surface area contributed by atoms with Crippen molar-refractivity contribution in [2.45, 2.75) is 18.1 Å². The van der Waals surface area contributed by atoms with Gasteiger partial charge in [-0.15, -0.1) is 4.57 Å². The highest BCUT2D eigenvalue weighted by molar-refractivity contribution is 7.98. The van der Waals surface area contributed by atoms with Crippen LogP contribution in [0.25, 0.3) is 0 Å². The molecule has 82 valence electrons. The number of hydrogen-bond acceptors (Lipinski definition) is 3. The van der Waals surface area contributed by atoms with Crippen molar-refractivity contribution in [3.63, 3.8) is 0 Å². The number of aromatic hydroxyl groups is 1. The number of hydrogen-bond donors (Lipinski definition) is 1. The molecule has 1 aromatic carbocycles. The van der Waals surface area contributed by atoms with Gasteiger partial charge in [-0.2, -0.15) is 0 Å². The van der Waals surface area contributed by atoms with E-state index in [9.17, 15) is 5.11 Å². The quantitative estimate of drug-likeness (QED) is 0.770. The van der Waals surface area contributed by atoms with Crippen LogP contribution >= 0.6 is 11.8 Å². The van der Waals surface area contributed by atoms with Gasteiger partial charge in [0.25, 0.3) is 5.69 Å². The molecule has 1 aliphatic rings. The van der Waals surface area contributed by atoms with E-state index >= 15 is 0 Å². The number of thioether (sulfide) groups is 1. The van der Waals surface area contributed by atoms with Crippen molar-refractivity contribution < 1.29 is 14.1 Å². The van der Waals surface area contributed by atoms with Crippen molar-refractivity contribution in [2.24, 2.45) is 0 Å². The first kappa shape index (κ1) is 9.78. The minimum atomic E-state index is 0.0587. The highest BCUT2D eigenvalue weighted by atomic mass is 32.2. The lowest BCUT2D eigenvalue weighted by molar-refractivity contribution is -0.701. The van der Waals surface area contributed by atoms with Crippen LogP contribution in [0.1, 0.15) is 22.5 Å². The van der Waals surface area contributed by atoms with Crippen LogP contribution in [0.2, 0.25) is 0 Å². The summed E-state index contributed by atoms with van der Waals surface area (Å²) in [6, 6.07) is 10.3. The Morgan fingerprint density at radius 3 is 2.88 bits per heavy atom. The van der Waals surface area contributed by atoms with E-state index in [4.69, 9.17) is 4.42 Å². The highest BCUT2D eigenvalue weighted by Crippen LogP contribution is 2.38. The molecule has 16 heavy (non-hydrogen) atoms. The third kappa shape index (κ3) is 1.33. The molecule has 0 amide bonds. The van der Waals surface area contributed by atoms with Crippen molar-refractivity contribution >= 4 is 11.8 Å². The Morgan fingerprint density at radius 2 is 2.12 bits per heavy atom. The van der Waals surface area contributed by atoms with E-state index in [0.29, 0.717) is 0 Å². The first-order valence-electron chi connectivity index (χ1n) is 5.16. The second-order valence-electron chi connectivity index (χ2n) is 3.82. The summed E-state index contributed by atoms with van der Waals surface area (Å²) >= 11 is 1.80. The monoisotopic (exact) mass is 234 g/mol. The molecule has 1 atom stereocenters. The van der Waals surface area contributed by atoms with Gasteiger partial charge in [0.2, 0.25) is 5.37 Å². The lowest BCUT2D eigenvalue weighted by Crippen LogP contribution is -2.38. The average molecular weight is 234 g/mol. The lowest BCUT2D eigenvalue weighted by atomic mass is 10.2. The zero-order valence-electron chi connectivity index (χ0n) is 8.88. The fourth-order valence-electron chi connectivity index (χ4n) is 2.07. The summed E-state index contributed by atoms with van der Waals surface area (Å²) < 4.78 is 7.31. The van der Waals surface area contributed by atoms with Gasteiger partial charge < -0.3 is 9.52 Å². The molecule has 0 unspecified atom stereocenters. The van der Waals surface area contributed by atoms with E-state index in [2.05, 4.69) is 16.7 Å². The minimum Gasteiger partial charge on any atom is -0.476 e. The molecular formula is C12H12NO2S+. The predicted octanol–water partition coefficient (Wildman–Crippen LogP) is 2.37. The van der Waals surface area contributed by atoms with Crippen molar-refractivity contribution in [2.75, 3.05) is 0 Å². The van der Waals surface area contributed by atoms with E-state index in [-0.39, 0.29) is 11.3 Å². The van der Waals surface area contributed by atoms with E-state index < -0.39 is 0 Å². The fraction of sp³-hybridized carbons (Fsp3) is 0.250. The van der Waals surface area contributed by atoms with Gasteiger partial charge in [-0.05, 0) is 0 Å². The predicted molar refractivity (Wildman–Crippen MR) is 61.2 cm³/mol. The molecule has 3 rings (SSSR count). The number of benzene rings is 1. The lowest BCUT2D eigenvalue weighted by Gasteiger charge is -2.03. The SMILES string of the molecule is Cc1oc(O)c2[n+]1[C@@H](c1ccccc1)SC2. The first-order valence-corrected chi connectivity index (χ1v) is 6.21. The van der Waals surface area contributed by atoms with Crippen LogP contribution in [0.3, 0.4) is 0 Å². The third-order valence-electron chi connectivity index (χ3n) is 2.82. The van der Waals surface area contributed by atoms with Crippen LogP contribution in [-0.2, 0) is 5.75 Å². The Morgan fingerprint density at radius 1 is 1.38 bits per heavy atom. The molecule has 2 aromatic rings. The molecule has 4 heteroatoms. The molecule has 2 heterocycles. The topological polar surface area (TPSA) is 37.3 Å². The van der Waals surface area contributed by atoms with E-state index in [1.807, 2.05) is 25.1 Å². The van der Waals surface area contributed by atoms with Crippen LogP contribution in [-0.4, -0.2) is 5.11 Å². The van der Waals surface area contributed by atoms with Crippen LogP contribution in [0.15, 0.2) is 34.7 Å². The number of fused-ring (bicyclic) bond motifs is 1. The Hall–Kier alpha value is -1.42. The largest absolute Gasteiger partial charge is 0.476 e. The summed E-state index contributed by atoms with van der Waals surface area (Å²) in [6.07, 6.45) is 0. The number of aromatic nitrogens is 1.